The lowest BCUT2D eigenvalue weighted by molar-refractivity contribution is 0.919. The minimum atomic E-state index is 0.540. The van der Waals surface area contributed by atoms with Crippen molar-refractivity contribution < 1.29 is 0 Å². The van der Waals surface area contributed by atoms with Crippen LogP contribution in [-0.4, -0.2) is 4.98 Å². The number of halogens is 1. The molecule has 1 aromatic heterocycles. The average molecular weight is 171 g/mol. The summed E-state index contributed by atoms with van der Waals surface area (Å²) in [5, 5.41) is 0.709. The summed E-state index contributed by atoms with van der Waals surface area (Å²) in [6.45, 7) is 2.10. The molecule has 2 nitrogen and oxygen atoms in total. The van der Waals surface area contributed by atoms with E-state index in [1.165, 1.54) is 0 Å². The Morgan fingerprint density at radius 2 is 2.36 bits per heavy atom. The molecule has 1 rings (SSSR count). The van der Waals surface area contributed by atoms with Gasteiger partial charge in [0, 0.05) is 6.20 Å². The molecule has 0 aliphatic carbocycles. The molecule has 60 valence electrons. The summed E-state index contributed by atoms with van der Waals surface area (Å²) < 4.78 is 0. The second-order valence-electron chi connectivity index (χ2n) is 2.45. The highest BCUT2D eigenvalue weighted by Crippen LogP contribution is 2.17. The van der Waals surface area contributed by atoms with Crippen LogP contribution in [0.2, 0.25) is 5.02 Å². The van der Waals surface area contributed by atoms with E-state index in [1.54, 1.807) is 6.20 Å². The standard InChI is InChI=1S/C8H11ClN2/c1-2-3-6-4-8(10)11-5-7(6)9/h4-5H,2-3H2,1H3,(H2,10,11). The molecular formula is C8H11ClN2. The van der Waals surface area contributed by atoms with Crippen LogP contribution in [-0.2, 0) is 6.42 Å². The second-order valence-corrected chi connectivity index (χ2v) is 2.86. The lowest BCUT2D eigenvalue weighted by atomic mass is 10.1. The van der Waals surface area contributed by atoms with Crippen molar-refractivity contribution in [1.82, 2.24) is 4.98 Å². The van der Waals surface area contributed by atoms with E-state index in [1.807, 2.05) is 6.07 Å². The van der Waals surface area contributed by atoms with Gasteiger partial charge in [0.25, 0.3) is 0 Å². The molecule has 0 saturated carbocycles. The van der Waals surface area contributed by atoms with Gasteiger partial charge in [-0.05, 0) is 18.1 Å². The lowest BCUT2D eigenvalue weighted by Gasteiger charge is -2.01. The van der Waals surface area contributed by atoms with E-state index >= 15 is 0 Å². The van der Waals surface area contributed by atoms with Crippen molar-refractivity contribution in [2.24, 2.45) is 0 Å². The third kappa shape index (κ3) is 2.09. The summed E-state index contributed by atoms with van der Waals surface area (Å²) in [6.07, 6.45) is 3.64. The van der Waals surface area contributed by atoms with E-state index in [0.29, 0.717) is 10.8 Å². The number of aromatic nitrogens is 1. The van der Waals surface area contributed by atoms with Gasteiger partial charge in [0.15, 0.2) is 0 Å². The number of nitrogen functional groups attached to an aromatic ring is 1. The van der Waals surface area contributed by atoms with Gasteiger partial charge in [-0.1, -0.05) is 24.9 Å². The van der Waals surface area contributed by atoms with E-state index in [-0.39, 0.29) is 0 Å². The monoisotopic (exact) mass is 170 g/mol. The summed E-state index contributed by atoms with van der Waals surface area (Å²) in [6, 6.07) is 1.83. The molecule has 0 aliphatic heterocycles. The topological polar surface area (TPSA) is 38.9 Å². The molecule has 11 heavy (non-hydrogen) atoms. The summed E-state index contributed by atoms with van der Waals surface area (Å²) in [5.74, 6) is 0.540. The number of rotatable bonds is 2. The second kappa shape index (κ2) is 3.58. The van der Waals surface area contributed by atoms with Crippen molar-refractivity contribution in [3.05, 3.63) is 22.8 Å². The van der Waals surface area contributed by atoms with Gasteiger partial charge in [0.05, 0.1) is 5.02 Å². The van der Waals surface area contributed by atoms with Crippen molar-refractivity contribution in [1.29, 1.82) is 0 Å². The van der Waals surface area contributed by atoms with Crippen LogP contribution in [0.15, 0.2) is 12.3 Å². The number of nitrogens with two attached hydrogens (primary N) is 1. The molecule has 0 unspecified atom stereocenters. The maximum Gasteiger partial charge on any atom is 0.123 e. The zero-order valence-corrected chi connectivity index (χ0v) is 7.23. The first-order valence-corrected chi connectivity index (χ1v) is 4.01. The van der Waals surface area contributed by atoms with Crippen molar-refractivity contribution in [2.75, 3.05) is 5.73 Å². The van der Waals surface area contributed by atoms with Gasteiger partial charge >= 0.3 is 0 Å². The molecule has 0 bridgehead atoms. The fourth-order valence-corrected chi connectivity index (χ4v) is 1.16. The van der Waals surface area contributed by atoms with E-state index in [9.17, 15) is 0 Å². The van der Waals surface area contributed by atoms with Gasteiger partial charge in [-0.3, -0.25) is 0 Å². The first-order valence-electron chi connectivity index (χ1n) is 3.64. The molecule has 0 amide bonds. The Balaban J connectivity index is 2.93. The van der Waals surface area contributed by atoms with Gasteiger partial charge in [-0.15, -0.1) is 0 Å². The zero-order valence-electron chi connectivity index (χ0n) is 6.47. The minimum absolute atomic E-state index is 0.540. The minimum Gasteiger partial charge on any atom is -0.384 e. The first-order chi connectivity index (χ1) is 5.24. The fourth-order valence-electron chi connectivity index (χ4n) is 0.960. The van der Waals surface area contributed by atoms with Gasteiger partial charge < -0.3 is 5.73 Å². The molecule has 0 atom stereocenters. The SMILES string of the molecule is CCCc1cc(N)ncc1Cl. The lowest BCUT2D eigenvalue weighted by Crippen LogP contribution is -1.93. The van der Waals surface area contributed by atoms with Crippen LogP contribution in [0.5, 0.6) is 0 Å². The summed E-state index contributed by atoms with van der Waals surface area (Å²) >= 11 is 5.86. The Hall–Kier alpha value is -0.760. The van der Waals surface area contributed by atoms with Crippen molar-refractivity contribution in [3.63, 3.8) is 0 Å². The Morgan fingerprint density at radius 3 is 3.00 bits per heavy atom. The Bertz CT molecular complexity index is 248. The number of aryl methyl sites for hydroxylation is 1. The Morgan fingerprint density at radius 1 is 1.64 bits per heavy atom. The molecule has 1 aromatic rings. The van der Waals surface area contributed by atoms with E-state index in [2.05, 4.69) is 11.9 Å². The van der Waals surface area contributed by atoms with Crippen LogP contribution in [0.1, 0.15) is 18.9 Å². The molecule has 0 saturated heterocycles. The number of pyridine rings is 1. The highest BCUT2D eigenvalue weighted by Gasteiger charge is 1.99. The quantitative estimate of drug-likeness (QED) is 0.740. The number of anilines is 1. The maximum atomic E-state index is 5.86. The Kier molecular flexibility index (Phi) is 2.71. The zero-order chi connectivity index (χ0) is 8.27. The third-order valence-corrected chi connectivity index (χ3v) is 1.82. The van der Waals surface area contributed by atoms with E-state index in [0.717, 1.165) is 18.4 Å². The fraction of sp³-hybridized carbons (Fsp3) is 0.375. The third-order valence-electron chi connectivity index (χ3n) is 1.48. The van der Waals surface area contributed by atoms with Crippen molar-refractivity contribution in [3.8, 4) is 0 Å². The van der Waals surface area contributed by atoms with E-state index < -0.39 is 0 Å². The summed E-state index contributed by atoms with van der Waals surface area (Å²) in [7, 11) is 0. The summed E-state index contributed by atoms with van der Waals surface area (Å²) in [5.41, 5.74) is 6.57. The van der Waals surface area contributed by atoms with Crippen LogP contribution in [0, 0.1) is 0 Å². The first kappa shape index (κ1) is 8.34. The molecule has 0 spiro atoms. The molecule has 1 heterocycles. The number of hydrogen-bond acceptors (Lipinski definition) is 2. The molecule has 0 fully saturated rings. The van der Waals surface area contributed by atoms with Gasteiger partial charge in [0.2, 0.25) is 0 Å². The van der Waals surface area contributed by atoms with Crippen LogP contribution in [0.3, 0.4) is 0 Å². The molecule has 0 radical (unpaired) electrons. The predicted octanol–water partition coefficient (Wildman–Crippen LogP) is 2.27. The highest BCUT2D eigenvalue weighted by molar-refractivity contribution is 6.31. The predicted molar refractivity (Wildman–Crippen MR) is 47.7 cm³/mol. The molecule has 0 aromatic carbocycles. The largest absolute Gasteiger partial charge is 0.384 e. The normalized spacial score (nSPS) is 10.0. The molecule has 2 N–H and O–H groups in total. The Labute approximate surface area is 71.4 Å². The molecule has 3 heteroatoms. The molecule has 0 aliphatic rings. The van der Waals surface area contributed by atoms with Crippen LogP contribution < -0.4 is 5.73 Å². The van der Waals surface area contributed by atoms with Gasteiger partial charge in [0.1, 0.15) is 5.82 Å². The molecular weight excluding hydrogens is 160 g/mol. The maximum absolute atomic E-state index is 5.86. The van der Waals surface area contributed by atoms with Gasteiger partial charge in [-0.2, -0.15) is 0 Å². The number of hydrogen-bond donors (Lipinski definition) is 1. The van der Waals surface area contributed by atoms with Crippen LogP contribution in [0.4, 0.5) is 5.82 Å². The number of nitrogens with zero attached hydrogens (tertiary/aromatic N) is 1. The van der Waals surface area contributed by atoms with Crippen molar-refractivity contribution >= 4 is 17.4 Å². The van der Waals surface area contributed by atoms with Crippen LogP contribution in [0.25, 0.3) is 0 Å². The van der Waals surface area contributed by atoms with E-state index in [4.69, 9.17) is 17.3 Å². The smallest absolute Gasteiger partial charge is 0.123 e. The average Bonchev–Trinajstić information content (AvgIpc) is 1.98. The van der Waals surface area contributed by atoms with Crippen molar-refractivity contribution in [2.45, 2.75) is 19.8 Å². The van der Waals surface area contributed by atoms with Crippen LogP contribution >= 0.6 is 11.6 Å². The van der Waals surface area contributed by atoms with Gasteiger partial charge in [-0.25, -0.2) is 4.98 Å². The summed E-state index contributed by atoms with van der Waals surface area (Å²) in [4.78, 5) is 3.87. The highest BCUT2D eigenvalue weighted by atomic mass is 35.5.